The fourth-order valence-electron chi connectivity index (χ4n) is 2.33. The van der Waals surface area contributed by atoms with Crippen molar-refractivity contribution in [1.82, 2.24) is 0 Å². The highest BCUT2D eigenvalue weighted by molar-refractivity contribution is 5.70. The Morgan fingerprint density at radius 1 is 1.25 bits per heavy atom. The molecule has 0 unspecified atom stereocenters. The minimum atomic E-state index is -0.270. The Labute approximate surface area is 121 Å². The summed E-state index contributed by atoms with van der Waals surface area (Å²) < 4.78 is 5.30. The molecule has 1 aromatic rings. The van der Waals surface area contributed by atoms with E-state index in [2.05, 4.69) is 19.1 Å². The Morgan fingerprint density at radius 3 is 2.70 bits per heavy atom. The molecule has 0 spiro atoms. The van der Waals surface area contributed by atoms with E-state index in [9.17, 15) is 4.79 Å². The van der Waals surface area contributed by atoms with Gasteiger partial charge in [-0.2, -0.15) is 5.26 Å². The Bertz CT molecular complexity index is 474. The largest absolute Gasteiger partial charge is 0.426 e. The second-order valence-electron chi connectivity index (χ2n) is 4.96. The van der Waals surface area contributed by atoms with E-state index >= 15 is 0 Å². The fourth-order valence-corrected chi connectivity index (χ4v) is 2.33. The van der Waals surface area contributed by atoms with Crippen LogP contribution in [0.3, 0.4) is 0 Å². The second kappa shape index (κ2) is 9.14. The van der Waals surface area contributed by atoms with Gasteiger partial charge >= 0.3 is 5.97 Å². The summed E-state index contributed by atoms with van der Waals surface area (Å²) in [5, 5.41) is 8.52. The average Bonchev–Trinajstić information content (AvgIpc) is 2.41. The molecule has 20 heavy (non-hydrogen) atoms. The van der Waals surface area contributed by atoms with E-state index in [1.165, 1.54) is 12.5 Å². The van der Waals surface area contributed by atoms with Crippen LogP contribution in [0.2, 0.25) is 0 Å². The van der Waals surface area contributed by atoms with Gasteiger partial charge in [-0.25, -0.2) is 0 Å². The molecule has 0 heterocycles. The van der Waals surface area contributed by atoms with Crippen molar-refractivity contribution < 1.29 is 9.53 Å². The Hall–Kier alpha value is -1.82. The highest BCUT2D eigenvalue weighted by atomic mass is 16.5. The number of hydrogen-bond donors (Lipinski definition) is 0. The van der Waals surface area contributed by atoms with Crippen LogP contribution in [0.4, 0.5) is 0 Å². The Morgan fingerprint density at radius 2 is 2.05 bits per heavy atom. The molecule has 0 radical (unpaired) electrons. The summed E-state index contributed by atoms with van der Waals surface area (Å²) in [6.45, 7) is 3.56. The fraction of sp³-hybridized carbons (Fsp3) is 0.529. The maximum absolute atomic E-state index is 11.2. The lowest BCUT2D eigenvalue weighted by Gasteiger charge is -2.13. The van der Waals surface area contributed by atoms with Gasteiger partial charge in [0.2, 0.25) is 0 Å². The number of esters is 1. The van der Waals surface area contributed by atoms with E-state index in [0.29, 0.717) is 12.2 Å². The highest BCUT2D eigenvalue weighted by Crippen LogP contribution is 2.26. The molecular weight excluding hydrogens is 250 g/mol. The topological polar surface area (TPSA) is 50.1 Å². The quantitative estimate of drug-likeness (QED) is 0.405. The molecule has 3 heteroatoms. The molecule has 0 atom stereocenters. The van der Waals surface area contributed by atoms with Crippen molar-refractivity contribution in [3.05, 3.63) is 29.3 Å². The molecule has 0 aliphatic heterocycles. The number of carbonyl (C=O) groups excluding carboxylic acids is 1. The molecule has 0 saturated carbocycles. The first kappa shape index (κ1) is 16.2. The van der Waals surface area contributed by atoms with Crippen molar-refractivity contribution in [1.29, 1.82) is 5.26 Å². The SMILES string of the molecule is CCCc1c(CCCCCC#N)cccc1OC(C)=O. The van der Waals surface area contributed by atoms with Gasteiger partial charge in [-0.1, -0.05) is 31.9 Å². The lowest BCUT2D eigenvalue weighted by atomic mass is 9.97. The number of nitriles is 1. The Balaban J connectivity index is 2.73. The number of benzene rings is 1. The number of unbranched alkanes of at least 4 members (excludes halogenated alkanes) is 3. The third-order valence-electron chi connectivity index (χ3n) is 3.22. The minimum Gasteiger partial charge on any atom is -0.426 e. The van der Waals surface area contributed by atoms with Crippen molar-refractivity contribution in [2.45, 2.75) is 58.8 Å². The first-order chi connectivity index (χ1) is 9.69. The van der Waals surface area contributed by atoms with Gasteiger partial charge in [-0.05, 0) is 42.9 Å². The number of nitrogens with zero attached hydrogens (tertiary/aromatic N) is 1. The number of aryl methyl sites for hydroxylation is 1. The third kappa shape index (κ3) is 5.44. The van der Waals surface area contributed by atoms with Crippen molar-refractivity contribution in [2.75, 3.05) is 0 Å². The average molecular weight is 273 g/mol. The number of ether oxygens (including phenoxy) is 1. The monoisotopic (exact) mass is 273 g/mol. The highest BCUT2D eigenvalue weighted by Gasteiger charge is 2.10. The van der Waals surface area contributed by atoms with E-state index in [1.807, 2.05) is 12.1 Å². The van der Waals surface area contributed by atoms with Crippen LogP contribution < -0.4 is 4.74 Å². The first-order valence-electron chi connectivity index (χ1n) is 7.35. The van der Waals surface area contributed by atoms with Crippen LogP contribution in [-0.4, -0.2) is 5.97 Å². The van der Waals surface area contributed by atoms with Crippen LogP contribution in [-0.2, 0) is 17.6 Å². The Kier molecular flexibility index (Phi) is 7.42. The van der Waals surface area contributed by atoms with Gasteiger partial charge in [-0.3, -0.25) is 4.79 Å². The number of rotatable bonds is 8. The summed E-state index contributed by atoms with van der Waals surface area (Å²) in [6, 6.07) is 8.10. The predicted molar refractivity (Wildman–Crippen MR) is 79.5 cm³/mol. The minimum absolute atomic E-state index is 0.270. The molecule has 0 aliphatic rings. The summed E-state index contributed by atoms with van der Waals surface area (Å²) in [5.74, 6) is 0.433. The number of hydrogen-bond acceptors (Lipinski definition) is 3. The van der Waals surface area contributed by atoms with Crippen LogP contribution in [0.5, 0.6) is 5.75 Å². The van der Waals surface area contributed by atoms with Crippen LogP contribution in [0.25, 0.3) is 0 Å². The van der Waals surface area contributed by atoms with Gasteiger partial charge in [0, 0.05) is 13.3 Å². The molecule has 0 N–H and O–H groups in total. The molecule has 0 aromatic heterocycles. The lowest BCUT2D eigenvalue weighted by molar-refractivity contribution is -0.131. The number of carbonyl (C=O) groups is 1. The summed E-state index contributed by atoms with van der Waals surface area (Å²) in [4.78, 5) is 11.2. The van der Waals surface area contributed by atoms with Crippen LogP contribution >= 0.6 is 0 Å². The summed E-state index contributed by atoms with van der Waals surface area (Å²) in [7, 11) is 0. The van der Waals surface area contributed by atoms with Crippen molar-refractivity contribution in [3.63, 3.8) is 0 Å². The molecule has 0 aliphatic carbocycles. The molecule has 1 aromatic carbocycles. The van der Waals surface area contributed by atoms with E-state index in [1.54, 1.807) is 0 Å². The van der Waals surface area contributed by atoms with Crippen molar-refractivity contribution in [3.8, 4) is 11.8 Å². The van der Waals surface area contributed by atoms with Gasteiger partial charge in [-0.15, -0.1) is 0 Å². The normalized spacial score (nSPS) is 10.1. The van der Waals surface area contributed by atoms with E-state index in [4.69, 9.17) is 10.00 Å². The molecule has 108 valence electrons. The zero-order chi connectivity index (χ0) is 14.8. The lowest BCUT2D eigenvalue weighted by Crippen LogP contribution is -2.06. The molecular formula is C17H23NO2. The molecule has 1 rings (SSSR count). The maximum Gasteiger partial charge on any atom is 0.308 e. The van der Waals surface area contributed by atoms with Crippen LogP contribution in [0, 0.1) is 11.3 Å². The van der Waals surface area contributed by atoms with Crippen molar-refractivity contribution >= 4 is 5.97 Å². The zero-order valence-electron chi connectivity index (χ0n) is 12.4. The molecule has 0 saturated heterocycles. The molecule has 3 nitrogen and oxygen atoms in total. The third-order valence-corrected chi connectivity index (χ3v) is 3.22. The van der Waals surface area contributed by atoms with Gasteiger partial charge in [0.1, 0.15) is 5.75 Å². The van der Waals surface area contributed by atoms with Crippen LogP contribution in [0.1, 0.15) is 57.1 Å². The van der Waals surface area contributed by atoms with Gasteiger partial charge in [0.25, 0.3) is 0 Å². The maximum atomic E-state index is 11.2. The van der Waals surface area contributed by atoms with Crippen LogP contribution in [0.15, 0.2) is 18.2 Å². The summed E-state index contributed by atoms with van der Waals surface area (Å²) in [6.07, 6.45) is 6.67. The van der Waals surface area contributed by atoms with E-state index < -0.39 is 0 Å². The molecule has 0 amide bonds. The van der Waals surface area contributed by atoms with Gasteiger partial charge < -0.3 is 4.74 Å². The zero-order valence-corrected chi connectivity index (χ0v) is 12.4. The standard InChI is InChI=1S/C17H23NO2/c1-3-9-16-15(10-6-4-5-7-13-18)11-8-12-17(16)20-14(2)19/h8,11-12H,3-7,9-10H2,1-2H3. The predicted octanol–water partition coefficient (Wildman–Crippen LogP) is 4.19. The van der Waals surface area contributed by atoms with E-state index in [0.717, 1.165) is 44.1 Å². The molecule has 0 fully saturated rings. The van der Waals surface area contributed by atoms with Crippen molar-refractivity contribution in [2.24, 2.45) is 0 Å². The second-order valence-corrected chi connectivity index (χ2v) is 4.96. The van der Waals surface area contributed by atoms with Gasteiger partial charge in [0.05, 0.1) is 6.07 Å². The first-order valence-corrected chi connectivity index (χ1v) is 7.35. The van der Waals surface area contributed by atoms with Gasteiger partial charge in [0.15, 0.2) is 0 Å². The summed E-state index contributed by atoms with van der Waals surface area (Å²) in [5.41, 5.74) is 2.42. The smallest absolute Gasteiger partial charge is 0.308 e. The summed E-state index contributed by atoms with van der Waals surface area (Å²) >= 11 is 0. The van der Waals surface area contributed by atoms with E-state index in [-0.39, 0.29) is 5.97 Å². The molecule has 0 bridgehead atoms.